The molecule has 0 aliphatic carbocycles. The van der Waals surface area contributed by atoms with Crippen molar-refractivity contribution in [3.8, 4) is 0 Å². The van der Waals surface area contributed by atoms with Crippen LogP contribution in [0.1, 0.15) is 57.9 Å². The Morgan fingerprint density at radius 2 is 1.86 bits per heavy atom. The molecule has 1 atom stereocenters. The van der Waals surface area contributed by atoms with Crippen LogP contribution in [0.3, 0.4) is 0 Å². The zero-order valence-electron chi connectivity index (χ0n) is 14.1. The second-order valence-electron chi connectivity index (χ2n) is 7.43. The Morgan fingerprint density at radius 1 is 1.10 bits per heavy atom. The molecule has 0 bridgehead atoms. The minimum absolute atomic E-state index is 0.262. The van der Waals surface area contributed by atoms with Crippen molar-refractivity contribution in [2.24, 2.45) is 0 Å². The van der Waals surface area contributed by atoms with Crippen LogP contribution in [0.15, 0.2) is 30.3 Å². The highest BCUT2D eigenvalue weighted by Crippen LogP contribution is 2.26. The number of hydrogen-bond donors (Lipinski definition) is 1. The third-order valence-corrected chi connectivity index (χ3v) is 4.35. The first kappa shape index (κ1) is 16.5. The molecule has 1 aromatic rings. The van der Waals surface area contributed by atoms with Gasteiger partial charge in [-0.3, -0.25) is 0 Å². The van der Waals surface area contributed by atoms with Crippen molar-refractivity contribution in [2.45, 2.75) is 57.9 Å². The SMILES string of the molecule is CC(C)(C)NCCCCCN1CCC(c2ccccc2)C1. The lowest BCUT2D eigenvalue weighted by atomic mass is 9.99. The molecule has 2 nitrogen and oxygen atoms in total. The molecule has 0 radical (unpaired) electrons. The maximum Gasteiger partial charge on any atom is 0.00965 e. The summed E-state index contributed by atoms with van der Waals surface area (Å²) in [5, 5.41) is 3.57. The van der Waals surface area contributed by atoms with E-state index in [1.807, 2.05) is 0 Å². The first-order valence-corrected chi connectivity index (χ1v) is 8.57. The molecule has 1 aliphatic heterocycles. The summed E-state index contributed by atoms with van der Waals surface area (Å²) in [5.41, 5.74) is 1.78. The lowest BCUT2D eigenvalue weighted by Crippen LogP contribution is -2.36. The van der Waals surface area contributed by atoms with E-state index in [1.54, 1.807) is 0 Å². The van der Waals surface area contributed by atoms with Gasteiger partial charge in [0, 0.05) is 12.1 Å². The molecule has 21 heavy (non-hydrogen) atoms. The van der Waals surface area contributed by atoms with Crippen LogP contribution < -0.4 is 5.32 Å². The summed E-state index contributed by atoms with van der Waals surface area (Å²) in [4.78, 5) is 2.65. The highest BCUT2D eigenvalue weighted by atomic mass is 15.1. The maximum absolute atomic E-state index is 3.57. The molecule has 0 aromatic heterocycles. The van der Waals surface area contributed by atoms with Crippen molar-refractivity contribution in [2.75, 3.05) is 26.2 Å². The van der Waals surface area contributed by atoms with Gasteiger partial charge in [0.25, 0.3) is 0 Å². The summed E-state index contributed by atoms with van der Waals surface area (Å²) in [6.45, 7) is 11.7. The molecule has 118 valence electrons. The molecule has 1 heterocycles. The molecule has 1 aromatic carbocycles. The molecule has 1 fully saturated rings. The third kappa shape index (κ3) is 6.19. The van der Waals surface area contributed by atoms with Crippen molar-refractivity contribution in [3.63, 3.8) is 0 Å². The highest BCUT2D eigenvalue weighted by molar-refractivity contribution is 5.20. The van der Waals surface area contributed by atoms with E-state index in [-0.39, 0.29) is 5.54 Å². The highest BCUT2D eigenvalue weighted by Gasteiger charge is 2.22. The molecule has 2 heteroatoms. The number of nitrogens with zero attached hydrogens (tertiary/aromatic N) is 1. The zero-order chi connectivity index (χ0) is 15.1. The first-order valence-electron chi connectivity index (χ1n) is 8.57. The summed E-state index contributed by atoms with van der Waals surface area (Å²) >= 11 is 0. The average Bonchev–Trinajstić information content (AvgIpc) is 2.91. The molecule has 0 amide bonds. The molecular weight excluding hydrogens is 256 g/mol. The lowest BCUT2D eigenvalue weighted by Gasteiger charge is -2.20. The molecule has 1 N–H and O–H groups in total. The van der Waals surface area contributed by atoms with Crippen LogP contribution in [-0.4, -0.2) is 36.6 Å². The van der Waals surface area contributed by atoms with Gasteiger partial charge in [0.1, 0.15) is 0 Å². The Morgan fingerprint density at radius 3 is 2.57 bits per heavy atom. The van der Waals surface area contributed by atoms with E-state index in [0.717, 1.165) is 12.5 Å². The van der Waals surface area contributed by atoms with Gasteiger partial charge in [-0.25, -0.2) is 0 Å². The van der Waals surface area contributed by atoms with Crippen LogP contribution in [0, 0.1) is 0 Å². The predicted molar refractivity (Wildman–Crippen MR) is 91.8 cm³/mol. The van der Waals surface area contributed by atoms with E-state index in [2.05, 4.69) is 61.3 Å². The van der Waals surface area contributed by atoms with E-state index in [0.29, 0.717) is 0 Å². The fourth-order valence-electron chi connectivity index (χ4n) is 3.13. The predicted octanol–water partition coefficient (Wildman–Crippen LogP) is 4.03. The van der Waals surface area contributed by atoms with Gasteiger partial charge >= 0.3 is 0 Å². The van der Waals surface area contributed by atoms with Gasteiger partial charge < -0.3 is 10.2 Å². The van der Waals surface area contributed by atoms with Crippen LogP contribution in [0.2, 0.25) is 0 Å². The van der Waals surface area contributed by atoms with Gasteiger partial charge in [-0.05, 0) is 71.1 Å². The van der Waals surface area contributed by atoms with Crippen LogP contribution in [-0.2, 0) is 0 Å². The summed E-state index contributed by atoms with van der Waals surface area (Å²) in [6.07, 6.45) is 5.31. The number of unbranched alkanes of at least 4 members (excludes halogenated alkanes) is 2. The van der Waals surface area contributed by atoms with Crippen LogP contribution >= 0.6 is 0 Å². The Balaban J connectivity index is 1.57. The molecule has 2 rings (SSSR count). The number of likely N-dealkylation sites (tertiary alicyclic amines) is 1. The number of hydrogen-bond acceptors (Lipinski definition) is 2. The third-order valence-electron chi connectivity index (χ3n) is 4.35. The fraction of sp³-hybridized carbons (Fsp3) is 0.684. The summed E-state index contributed by atoms with van der Waals surface area (Å²) in [5.74, 6) is 0.758. The number of benzene rings is 1. The van der Waals surface area contributed by atoms with Crippen LogP contribution in [0.4, 0.5) is 0 Å². The van der Waals surface area contributed by atoms with E-state index < -0.39 is 0 Å². The summed E-state index contributed by atoms with van der Waals surface area (Å²) in [7, 11) is 0. The topological polar surface area (TPSA) is 15.3 Å². The Kier molecular flexibility index (Phi) is 6.25. The fourth-order valence-corrected chi connectivity index (χ4v) is 3.13. The number of rotatable bonds is 7. The molecular formula is C19H32N2. The van der Waals surface area contributed by atoms with Crippen LogP contribution in [0.5, 0.6) is 0 Å². The van der Waals surface area contributed by atoms with Crippen LogP contribution in [0.25, 0.3) is 0 Å². The lowest BCUT2D eigenvalue weighted by molar-refractivity contribution is 0.322. The Hall–Kier alpha value is -0.860. The van der Waals surface area contributed by atoms with Crippen molar-refractivity contribution in [3.05, 3.63) is 35.9 Å². The van der Waals surface area contributed by atoms with Crippen molar-refractivity contribution >= 4 is 0 Å². The number of nitrogens with one attached hydrogen (secondary N) is 1. The van der Waals surface area contributed by atoms with Gasteiger partial charge in [0.05, 0.1) is 0 Å². The summed E-state index contributed by atoms with van der Waals surface area (Å²) in [6, 6.07) is 11.0. The molecule has 0 saturated carbocycles. The minimum atomic E-state index is 0.262. The maximum atomic E-state index is 3.57. The van der Waals surface area contributed by atoms with Crippen molar-refractivity contribution in [1.82, 2.24) is 10.2 Å². The van der Waals surface area contributed by atoms with E-state index >= 15 is 0 Å². The van der Waals surface area contributed by atoms with E-state index in [9.17, 15) is 0 Å². The smallest absolute Gasteiger partial charge is 0.00965 e. The first-order chi connectivity index (χ1) is 10.0. The molecule has 1 aliphatic rings. The van der Waals surface area contributed by atoms with E-state index in [1.165, 1.54) is 50.9 Å². The normalized spacial score (nSPS) is 20.0. The summed E-state index contributed by atoms with van der Waals surface area (Å²) < 4.78 is 0. The standard InChI is InChI=1S/C19H32N2/c1-19(2,3)20-13-8-5-9-14-21-15-12-18(16-21)17-10-6-4-7-11-17/h4,6-7,10-11,18,20H,5,8-9,12-16H2,1-3H3. The van der Waals surface area contributed by atoms with Gasteiger partial charge in [-0.15, -0.1) is 0 Å². The molecule has 1 saturated heterocycles. The largest absolute Gasteiger partial charge is 0.312 e. The van der Waals surface area contributed by atoms with Crippen molar-refractivity contribution < 1.29 is 0 Å². The average molecular weight is 288 g/mol. The van der Waals surface area contributed by atoms with Gasteiger partial charge in [0.15, 0.2) is 0 Å². The second kappa shape index (κ2) is 7.95. The van der Waals surface area contributed by atoms with Gasteiger partial charge in [-0.1, -0.05) is 36.8 Å². The minimum Gasteiger partial charge on any atom is -0.312 e. The van der Waals surface area contributed by atoms with Crippen molar-refractivity contribution in [1.29, 1.82) is 0 Å². The van der Waals surface area contributed by atoms with Gasteiger partial charge in [0.2, 0.25) is 0 Å². The van der Waals surface area contributed by atoms with Gasteiger partial charge in [-0.2, -0.15) is 0 Å². The second-order valence-corrected chi connectivity index (χ2v) is 7.43. The Bertz CT molecular complexity index is 394. The quantitative estimate of drug-likeness (QED) is 0.762. The molecule has 0 spiro atoms. The van der Waals surface area contributed by atoms with E-state index in [4.69, 9.17) is 0 Å². The monoisotopic (exact) mass is 288 g/mol. The zero-order valence-corrected chi connectivity index (χ0v) is 14.1. The molecule has 1 unspecified atom stereocenters. The Labute approximate surface area is 130 Å².